The van der Waals surface area contributed by atoms with Crippen molar-refractivity contribution in [3.8, 4) is 0 Å². The molecule has 2 aromatic rings. The average molecular weight is 249 g/mol. The van der Waals surface area contributed by atoms with Crippen LogP contribution < -0.4 is 5.56 Å². The Labute approximate surface area is 105 Å². The molecule has 3 nitrogen and oxygen atoms in total. The van der Waals surface area contributed by atoms with E-state index in [-0.39, 0.29) is 5.56 Å². The lowest BCUT2D eigenvalue weighted by molar-refractivity contribution is 0.657. The van der Waals surface area contributed by atoms with Crippen molar-refractivity contribution in [1.82, 2.24) is 9.55 Å². The first kappa shape index (κ1) is 11.9. The van der Waals surface area contributed by atoms with Crippen molar-refractivity contribution in [2.45, 2.75) is 19.9 Å². The Morgan fingerprint density at radius 3 is 2.71 bits per heavy atom. The maximum atomic E-state index is 11.8. The fourth-order valence-electron chi connectivity index (χ4n) is 1.69. The number of rotatable bonds is 3. The number of nitrogens with zero attached hydrogens (tertiary/aromatic N) is 2. The fourth-order valence-corrected chi connectivity index (χ4v) is 1.94. The monoisotopic (exact) mass is 248 g/mol. The normalized spacial score (nSPS) is 10.5. The number of hydrogen-bond acceptors (Lipinski definition) is 2. The number of aromatic nitrogens is 2. The van der Waals surface area contributed by atoms with Crippen LogP contribution in [-0.4, -0.2) is 9.55 Å². The van der Waals surface area contributed by atoms with Gasteiger partial charge in [-0.25, -0.2) is 4.98 Å². The summed E-state index contributed by atoms with van der Waals surface area (Å²) in [5.74, 6) is 0. The largest absolute Gasteiger partial charge is 0.311 e. The highest BCUT2D eigenvalue weighted by Gasteiger charge is 2.03. The summed E-state index contributed by atoms with van der Waals surface area (Å²) >= 11 is 5.83. The number of aryl methyl sites for hydroxylation is 3. The van der Waals surface area contributed by atoms with Crippen molar-refractivity contribution in [1.29, 1.82) is 0 Å². The highest BCUT2D eigenvalue weighted by atomic mass is 35.5. The Bertz CT molecular complexity index is 563. The van der Waals surface area contributed by atoms with E-state index in [1.165, 1.54) is 5.56 Å². The van der Waals surface area contributed by atoms with E-state index in [2.05, 4.69) is 4.98 Å². The SMILES string of the molecule is Cc1nc(Cl)cn(CCc2ccccc2)c1=O. The lowest BCUT2D eigenvalue weighted by Gasteiger charge is -2.07. The zero-order valence-corrected chi connectivity index (χ0v) is 10.3. The van der Waals surface area contributed by atoms with Crippen molar-refractivity contribution in [3.63, 3.8) is 0 Å². The van der Waals surface area contributed by atoms with Gasteiger partial charge in [0, 0.05) is 12.7 Å². The quantitative estimate of drug-likeness (QED) is 0.836. The Kier molecular flexibility index (Phi) is 3.59. The molecule has 0 amide bonds. The molecule has 0 radical (unpaired) electrons. The first-order chi connectivity index (χ1) is 8.16. The van der Waals surface area contributed by atoms with Crippen molar-refractivity contribution in [2.75, 3.05) is 0 Å². The van der Waals surface area contributed by atoms with Crippen LogP contribution >= 0.6 is 11.6 Å². The van der Waals surface area contributed by atoms with E-state index in [9.17, 15) is 4.79 Å². The zero-order chi connectivity index (χ0) is 12.3. The van der Waals surface area contributed by atoms with Gasteiger partial charge in [-0.05, 0) is 18.9 Å². The Morgan fingerprint density at radius 1 is 1.29 bits per heavy atom. The molecule has 0 N–H and O–H groups in total. The van der Waals surface area contributed by atoms with Crippen LogP contribution in [0.25, 0.3) is 0 Å². The van der Waals surface area contributed by atoms with Gasteiger partial charge in [0.1, 0.15) is 10.8 Å². The second-order valence-electron chi connectivity index (χ2n) is 3.88. The first-order valence-corrected chi connectivity index (χ1v) is 5.82. The van der Waals surface area contributed by atoms with Crippen molar-refractivity contribution in [3.05, 3.63) is 63.3 Å². The molecule has 0 aliphatic rings. The number of halogens is 1. The van der Waals surface area contributed by atoms with Crippen LogP contribution in [0.5, 0.6) is 0 Å². The predicted molar refractivity (Wildman–Crippen MR) is 68.4 cm³/mol. The van der Waals surface area contributed by atoms with Gasteiger partial charge in [0.05, 0.1) is 0 Å². The third-order valence-electron chi connectivity index (χ3n) is 2.59. The van der Waals surface area contributed by atoms with E-state index >= 15 is 0 Å². The van der Waals surface area contributed by atoms with Gasteiger partial charge in [-0.15, -0.1) is 0 Å². The summed E-state index contributed by atoms with van der Waals surface area (Å²) in [5, 5.41) is 0.357. The molecular weight excluding hydrogens is 236 g/mol. The van der Waals surface area contributed by atoms with Crippen molar-refractivity contribution >= 4 is 11.6 Å². The Hall–Kier alpha value is -1.61. The molecule has 0 bridgehead atoms. The van der Waals surface area contributed by atoms with Crippen LogP contribution in [-0.2, 0) is 13.0 Å². The highest BCUT2D eigenvalue weighted by Crippen LogP contribution is 2.04. The molecule has 88 valence electrons. The molecule has 1 heterocycles. The van der Waals surface area contributed by atoms with Gasteiger partial charge in [-0.1, -0.05) is 41.9 Å². The van der Waals surface area contributed by atoms with Crippen LogP contribution in [0.2, 0.25) is 5.15 Å². The van der Waals surface area contributed by atoms with Gasteiger partial charge in [-0.3, -0.25) is 4.79 Å². The molecule has 0 aliphatic carbocycles. The second-order valence-corrected chi connectivity index (χ2v) is 4.27. The van der Waals surface area contributed by atoms with Crippen LogP contribution in [0.3, 0.4) is 0 Å². The van der Waals surface area contributed by atoms with Crippen LogP contribution in [0.1, 0.15) is 11.3 Å². The molecule has 0 aliphatic heterocycles. The standard InChI is InChI=1S/C13H13ClN2O/c1-10-13(17)16(9-12(14)15-10)8-7-11-5-3-2-4-6-11/h2-6,9H,7-8H2,1H3. The summed E-state index contributed by atoms with van der Waals surface area (Å²) in [6, 6.07) is 10.0. The maximum Gasteiger partial charge on any atom is 0.272 e. The van der Waals surface area contributed by atoms with Crippen molar-refractivity contribution < 1.29 is 0 Å². The number of benzene rings is 1. The molecule has 1 aromatic carbocycles. The summed E-state index contributed by atoms with van der Waals surface area (Å²) in [5.41, 5.74) is 1.56. The summed E-state index contributed by atoms with van der Waals surface area (Å²) in [6.07, 6.45) is 2.39. The first-order valence-electron chi connectivity index (χ1n) is 5.44. The molecule has 0 atom stereocenters. The minimum Gasteiger partial charge on any atom is -0.311 e. The van der Waals surface area contributed by atoms with Gasteiger partial charge < -0.3 is 4.57 Å². The number of hydrogen-bond donors (Lipinski definition) is 0. The van der Waals surface area contributed by atoms with E-state index in [4.69, 9.17) is 11.6 Å². The molecule has 0 unspecified atom stereocenters. The molecule has 2 rings (SSSR count). The van der Waals surface area contributed by atoms with Gasteiger partial charge in [0.2, 0.25) is 0 Å². The molecule has 0 fully saturated rings. The molecule has 17 heavy (non-hydrogen) atoms. The summed E-state index contributed by atoms with van der Waals surface area (Å²) < 4.78 is 1.61. The smallest absolute Gasteiger partial charge is 0.272 e. The summed E-state index contributed by atoms with van der Waals surface area (Å²) in [6.45, 7) is 2.29. The molecule has 0 spiro atoms. The topological polar surface area (TPSA) is 34.9 Å². The van der Waals surface area contributed by atoms with E-state index in [0.717, 1.165) is 6.42 Å². The van der Waals surface area contributed by atoms with Gasteiger partial charge in [0.15, 0.2) is 0 Å². The molecule has 1 aromatic heterocycles. The lowest BCUT2D eigenvalue weighted by atomic mass is 10.1. The molecule has 4 heteroatoms. The van der Waals surface area contributed by atoms with Crippen LogP contribution in [0, 0.1) is 6.92 Å². The lowest BCUT2D eigenvalue weighted by Crippen LogP contribution is -2.24. The predicted octanol–water partition coefficient (Wildman–Crippen LogP) is 2.45. The van der Waals surface area contributed by atoms with Crippen molar-refractivity contribution in [2.24, 2.45) is 0 Å². The molecule has 0 saturated heterocycles. The van der Waals surface area contributed by atoms with Gasteiger partial charge in [-0.2, -0.15) is 0 Å². The third-order valence-corrected chi connectivity index (χ3v) is 2.77. The van der Waals surface area contributed by atoms with Crippen LogP contribution in [0.15, 0.2) is 41.3 Å². The van der Waals surface area contributed by atoms with Gasteiger partial charge >= 0.3 is 0 Å². The Balaban J connectivity index is 2.17. The molecular formula is C13H13ClN2O. The van der Waals surface area contributed by atoms with E-state index in [1.807, 2.05) is 30.3 Å². The summed E-state index contributed by atoms with van der Waals surface area (Å²) in [4.78, 5) is 15.7. The fraction of sp³-hybridized carbons (Fsp3) is 0.231. The van der Waals surface area contributed by atoms with Gasteiger partial charge in [0.25, 0.3) is 5.56 Å². The average Bonchev–Trinajstić information content (AvgIpc) is 2.33. The third kappa shape index (κ3) is 2.94. The zero-order valence-electron chi connectivity index (χ0n) is 9.56. The van der Waals surface area contributed by atoms with E-state index < -0.39 is 0 Å². The molecule has 0 saturated carbocycles. The minimum atomic E-state index is -0.0784. The van der Waals surface area contributed by atoms with E-state index in [0.29, 0.717) is 17.4 Å². The Morgan fingerprint density at radius 2 is 2.00 bits per heavy atom. The second kappa shape index (κ2) is 5.15. The maximum absolute atomic E-state index is 11.8. The minimum absolute atomic E-state index is 0.0784. The van der Waals surface area contributed by atoms with Crippen LogP contribution in [0.4, 0.5) is 0 Å². The van der Waals surface area contributed by atoms with E-state index in [1.54, 1.807) is 17.7 Å². The summed E-state index contributed by atoms with van der Waals surface area (Å²) in [7, 11) is 0. The highest BCUT2D eigenvalue weighted by molar-refractivity contribution is 6.29.